The molecule has 0 spiro atoms. The number of pyridine rings is 1. The number of rotatable bonds is 4. The van der Waals surface area contributed by atoms with Crippen molar-refractivity contribution in [1.29, 1.82) is 0 Å². The number of ether oxygens (including phenoxy) is 2. The molecule has 0 fully saturated rings. The number of aromatic amines is 1. The molecule has 0 bridgehead atoms. The monoisotopic (exact) mass is 478 g/mol. The number of anilines is 2. The van der Waals surface area contributed by atoms with Gasteiger partial charge in [-0.15, -0.1) is 0 Å². The third-order valence-corrected chi connectivity index (χ3v) is 6.00. The Labute approximate surface area is 189 Å². The van der Waals surface area contributed by atoms with Gasteiger partial charge in [0.15, 0.2) is 5.75 Å². The van der Waals surface area contributed by atoms with Crippen molar-refractivity contribution < 1.29 is 9.47 Å². The number of imidazole rings is 1. The van der Waals surface area contributed by atoms with Crippen LogP contribution in [0, 0.1) is 13.8 Å². The standard InChI is InChI=1S/C24H23BrN4O2/c1-14-7-8-21(26-11-14)29-17(12-30-3)13-31-23-18(5-4-6-20(23)29)24-27-19-10-16(25)9-15(2)22(19)28-24/h4-11,17H,12-13H2,1-3H3,(H,27,28). The van der Waals surface area contributed by atoms with Gasteiger partial charge in [-0.25, -0.2) is 9.97 Å². The smallest absolute Gasteiger partial charge is 0.154 e. The fraction of sp³-hybridized carbons (Fsp3) is 0.250. The zero-order valence-electron chi connectivity index (χ0n) is 17.6. The molecule has 1 aliphatic rings. The highest BCUT2D eigenvalue weighted by atomic mass is 79.9. The van der Waals surface area contributed by atoms with Crippen molar-refractivity contribution in [3.8, 4) is 17.1 Å². The van der Waals surface area contributed by atoms with E-state index >= 15 is 0 Å². The third-order valence-electron chi connectivity index (χ3n) is 5.54. The molecular weight excluding hydrogens is 456 g/mol. The molecule has 3 heterocycles. The van der Waals surface area contributed by atoms with Crippen molar-refractivity contribution in [3.63, 3.8) is 0 Å². The first-order valence-corrected chi connectivity index (χ1v) is 11.0. The number of benzene rings is 2. The van der Waals surface area contributed by atoms with Crippen LogP contribution in [-0.4, -0.2) is 41.3 Å². The molecule has 4 aromatic rings. The minimum atomic E-state index is 0.0248. The molecule has 7 heteroatoms. The lowest BCUT2D eigenvalue weighted by Crippen LogP contribution is -2.43. The Hall–Kier alpha value is -2.90. The van der Waals surface area contributed by atoms with E-state index < -0.39 is 0 Å². The van der Waals surface area contributed by atoms with Gasteiger partial charge < -0.3 is 19.4 Å². The second-order valence-electron chi connectivity index (χ2n) is 7.84. The van der Waals surface area contributed by atoms with Gasteiger partial charge in [-0.05, 0) is 55.3 Å². The van der Waals surface area contributed by atoms with E-state index in [0.29, 0.717) is 13.2 Å². The average molecular weight is 479 g/mol. The van der Waals surface area contributed by atoms with Gasteiger partial charge in [0, 0.05) is 17.8 Å². The summed E-state index contributed by atoms with van der Waals surface area (Å²) >= 11 is 3.57. The second kappa shape index (κ2) is 7.98. The number of aryl methyl sites for hydroxylation is 2. The van der Waals surface area contributed by atoms with Gasteiger partial charge in [0.2, 0.25) is 0 Å². The van der Waals surface area contributed by atoms with E-state index in [1.54, 1.807) is 7.11 Å². The number of hydrogen-bond acceptors (Lipinski definition) is 5. The lowest BCUT2D eigenvalue weighted by atomic mass is 10.1. The summed E-state index contributed by atoms with van der Waals surface area (Å²) in [6.45, 7) is 5.14. The number of nitrogens with one attached hydrogen (secondary N) is 1. The molecule has 0 radical (unpaired) electrons. The lowest BCUT2D eigenvalue weighted by Gasteiger charge is -2.38. The highest BCUT2D eigenvalue weighted by Crippen LogP contribution is 2.44. The molecule has 1 aliphatic heterocycles. The molecular formula is C24H23BrN4O2. The molecule has 1 N–H and O–H groups in total. The van der Waals surface area contributed by atoms with E-state index in [4.69, 9.17) is 14.5 Å². The molecule has 0 amide bonds. The molecule has 2 aromatic carbocycles. The first kappa shape index (κ1) is 20.0. The molecule has 6 nitrogen and oxygen atoms in total. The Morgan fingerprint density at radius 2 is 2.10 bits per heavy atom. The number of fused-ring (bicyclic) bond motifs is 2. The number of methoxy groups -OCH3 is 1. The maximum absolute atomic E-state index is 6.28. The zero-order valence-corrected chi connectivity index (χ0v) is 19.2. The molecule has 1 unspecified atom stereocenters. The lowest BCUT2D eigenvalue weighted by molar-refractivity contribution is 0.146. The van der Waals surface area contributed by atoms with Gasteiger partial charge in [0.25, 0.3) is 0 Å². The van der Waals surface area contributed by atoms with Crippen molar-refractivity contribution >= 4 is 38.5 Å². The number of halogens is 1. The van der Waals surface area contributed by atoms with Crippen molar-refractivity contribution in [1.82, 2.24) is 15.0 Å². The molecule has 31 heavy (non-hydrogen) atoms. The first-order chi connectivity index (χ1) is 15.0. The Kier molecular flexibility index (Phi) is 5.16. The van der Waals surface area contributed by atoms with Crippen LogP contribution in [0.4, 0.5) is 11.5 Å². The predicted molar refractivity (Wildman–Crippen MR) is 126 cm³/mol. The molecule has 0 saturated heterocycles. The SMILES string of the molecule is COCC1COc2c(-c3nc4c(C)cc(Br)cc4[nH]3)cccc2N1c1ccc(C)cn1. The van der Waals surface area contributed by atoms with Gasteiger partial charge in [0.1, 0.15) is 18.2 Å². The summed E-state index contributed by atoms with van der Waals surface area (Å²) < 4.78 is 12.8. The van der Waals surface area contributed by atoms with E-state index in [0.717, 1.165) is 55.3 Å². The molecule has 0 aliphatic carbocycles. The van der Waals surface area contributed by atoms with Crippen LogP contribution >= 0.6 is 15.9 Å². The van der Waals surface area contributed by atoms with E-state index in [-0.39, 0.29) is 6.04 Å². The number of para-hydroxylation sites is 1. The Balaban J connectivity index is 1.65. The van der Waals surface area contributed by atoms with E-state index in [9.17, 15) is 0 Å². The van der Waals surface area contributed by atoms with E-state index in [1.165, 1.54) is 0 Å². The Bertz CT molecular complexity index is 1250. The van der Waals surface area contributed by atoms with Gasteiger partial charge in [-0.2, -0.15) is 0 Å². The van der Waals surface area contributed by atoms with Crippen LogP contribution in [0.2, 0.25) is 0 Å². The fourth-order valence-electron chi connectivity index (χ4n) is 4.11. The zero-order chi connectivity index (χ0) is 21.5. The number of hydrogen-bond donors (Lipinski definition) is 1. The molecule has 158 valence electrons. The van der Waals surface area contributed by atoms with Gasteiger partial charge in [0.05, 0.1) is 34.9 Å². The number of aromatic nitrogens is 3. The minimum absolute atomic E-state index is 0.0248. The van der Waals surface area contributed by atoms with Gasteiger partial charge in [-0.1, -0.05) is 28.1 Å². The maximum atomic E-state index is 6.28. The summed E-state index contributed by atoms with van der Waals surface area (Å²) in [4.78, 5) is 15.2. The van der Waals surface area contributed by atoms with Gasteiger partial charge >= 0.3 is 0 Å². The summed E-state index contributed by atoms with van der Waals surface area (Å²) in [5.41, 5.74) is 6.07. The van der Waals surface area contributed by atoms with Crippen LogP contribution in [0.3, 0.4) is 0 Å². The van der Waals surface area contributed by atoms with Crippen LogP contribution in [0.5, 0.6) is 5.75 Å². The number of H-pyrrole nitrogens is 1. The van der Waals surface area contributed by atoms with Crippen LogP contribution in [0.25, 0.3) is 22.4 Å². The fourth-order valence-corrected chi connectivity index (χ4v) is 4.68. The summed E-state index contributed by atoms with van der Waals surface area (Å²) in [5.74, 6) is 2.46. The van der Waals surface area contributed by atoms with Crippen LogP contribution in [0.15, 0.2) is 53.1 Å². The summed E-state index contributed by atoms with van der Waals surface area (Å²) in [5, 5.41) is 0. The molecule has 5 rings (SSSR count). The topological polar surface area (TPSA) is 63.3 Å². The van der Waals surface area contributed by atoms with Gasteiger partial charge in [-0.3, -0.25) is 0 Å². The van der Waals surface area contributed by atoms with Crippen LogP contribution in [0.1, 0.15) is 11.1 Å². The van der Waals surface area contributed by atoms with Crippen molar-refractivity contribution in [3.05, 3.63) is 64.3 Å². The van der Waals surface area contributed by atoms with Crippen molar-refractivity contribution in [2.75, 3.05) is 25.2 Å². The predicted octanol–water partition coefficient (Wildman–Crippen LogP) is 5.55. The summed E-state index contributed by atoms with van der Waals surface area (Å²) in [7, 11) is 1.71. The largest absolute Gasteiger partial charge is 0.488 e. The molecule has 1 atom stereocenters. The first-order valence-electron chi connectivity index (χ1n) is 10.2. The molecule has 0 saturated carbocycles. The van der Waals surface area contributed by atoms with Crippen molar-refractivity contribution in [2.24, 2.45) is 0 Å². The normalized spacial score (nSPS) is 15.7. The van der Waals surface area contributed by atoms with Crippen LogP contribution in [-0.2, 0) is 4.74 Å². The van der Waals surface area contributed by atoms with E-state index in [1.807, 2.05) is 37.4 Å². The third kappa shape index (κ3) is 3.58. The van der Waals surface area contributed by atoms with Crippen LogP contribution < -0.4 is 9.64 Å². The second-order valence-corrected chi connectivity index (χ2v) is 8.76. The Morgan fingerprint density at radius 3 is 2.87 bits per heavy atom. The minimum Gasteiger partial charge on any atom is -0.488 e. The quantitative estimate of drug-likeness (QED) is 0.416. The van der Waals surface area contributed by atoms with Crippen molar-refractivity contribution in [2.45, 2.75) is 19.9 Å². The highest BCUT2D eigenvalue weighted by Gasteiger charge is 2.32. The molecule has 2 aromatic heterocycles. The summed E-state index contributed by atoms with van der Waals surface area (Å²) in [6.07, 6.45) is 1.89. The summed E-state index contributed by atoms with van der Waals surface area (Å²) in [6, 6.07) is 14.4. The Morgan fingerprint density at radius 1 is 1.23 bits per heavy atom. The number of nitrogens with zero attached hydrogens (tertiary/aromatic N) is 3. The average Bonchev–Trinajstić information content (AvgIpc) is 3.18. The maximum Gasteiger partial charge on any atom is 0.154 e. The highest BCUT2D eigenvalue weighted by molar-refractivity contribution is 9.10. The van der Waals surface area contributed by atoms with E-state index in [2.05, 4.69) is 55.9 Å².